The van der Waals surface area contributed by atoms with Gasteiger partial charge in [-0.1, -0.05) is 24.3 Å². The lowest BCUT2D eigenvalue weighted by molar-refractivity contribution is 0.585. The molecule has 2 N–H and O–H groups in total. The fraction of sp³-hybridized carbons (Fsp3) is 0. The first-order valence-corrected chi connectivity index (χ1v) is 4.99. The Morgan fingerprint density at radius 1 is 1.00 bits per heavy atom. The van der Waals surface area contributed by atoms with Crippen LogP contribution in [0, 0.1) is 11.6 Å². The summed E-state index contributed by atoms with van der Waals surface area (Å²) in [4.78, 5) is 0. The van der Waals surface area contributed by atoms with Crippen molar-refractivity contribution in [2.24, 2.45) is 10.9 Å². The zero-order valence-electron chi connectivity index (χ0n) is 8.90. The zero-order valence-corrected chi connectivity index (χ0v) is 8.90. The summed E-state index contributed by atoms with van der Waals surface area (Å²) in [7, 11) is 0. The summed E-state index contributed by atoms with van der Waals surface area (Å²) in [5.41, 5.74) is 1.86. The average molecular weight is 232 g/mol. The fourth-order valence-electron chi connectivity index (χ4n) is 1.56. The number of nitrogens with two attached hydrogens (primary N) is 1. The molecule has 0 bridgehead atoms. The minimum absolute atomic E-state index is 0.364. The van der Waals surface area contributed by atoms with E-state index in [-0.39, 0.29) is 0 Å². The van der Waals surface area contributed by atoms with Gasteiger partial charge in [-0.15, -0.1) is 0 Å². The number of benzene rings is 2. The van der Waals surface area contributed by atoms with Crippen molar-refractivity contribution in [2.45, 2.75) is 0 Å². The van der Waals surface area contributed by atoms with E-state index in [1.165, 1.54) is 18.3 Å². The number of rotatable bonds is 2. The lowest BCUT2D eigenvalue weighted by atomic mass is 10.0. The molecule has 86 valence electrons. The summed E-state index contributed by atoms with van der Waals surface area (Å²) in [5.74, 6) is 3.85. The van der Waals surface area contributed by atoms with Crippen LogP contribution in [0.5, 0.6) is 0 Å². The second-order valence-electron chi connectivity index (χ2n) is 3.52. The highest BCUT2D eigenvalue weighted by Gasteiger charge is 2.05. The van der Waals surface area contributed by atoms with Crippen molar-refractivity contribution in [1.29, 1.82) is 0 Å². The van der Waals surface area contributed by atoms with Crippen molar-refractivity contribution < 1.29 is 8.78 Å². The molecule has 2 nitrogen and oxygen atoms in total. The fourth-order valence-corrected chi connectivity index (χ4v) is 1.56. The third-order valence-electron chi connectivity index (χ3n) is 2.38. The molecule has 4 heteroatoms. The average Bonchev–Trinajstić information content (AvgIpc) is 2.31. The molecule has 0 atom stereocenters. The molecule has 2 aromatic carbocycles. The predicted octanol–water partition coefficient (Wildman–Crippen LogP) is 2.92. The molecule has 0 unspecified atom stereocenters. The summed E-state index contributed by atoms with van der Waals surface area (Å²) in [6.45, 7) is 0. The van der Waals surface area contributed by atoms with Gasteiger partial charge in [-0.3, -0.25) is 0 Å². The lowest BCUT2D eigenvalue weighted by Crippen LogP contribution is -1.88. The van der Waals surface area contributed by atoms with Crippen LogP contribution in [0.1, 0.15) is 5.56 Å². The summed E-state index contributed by atoms with van der Waals surface area (Å²) >= 11 is 0. The lowest BCUT2D eigenvalue weighted by Gasteiger charge is -2.03. The molecular formula is C13H10F2N2. The van der Waals surface area contributed by atoms with Gasteiger partial charge in [-0.2, -0.15) is 5.10 Å². The van der Waals surface area contributed by atoms with Crippen molar-refractivity contribution in [1.82, 2.24) is 0 Å². The molecule has 2 aromatic rings. The number of hydrogen-bond acceptors (Lipinski definition) is 2. The summed E-state index contributed by atoms with van der Waals surface area (Å²) < 4.78 is 26.3. The van der Waals surface area contributed by atoms with Crippen molar-refractivity contribution in [3.05, 3.63) is 59.7 Å². The molecule has 0 heterocycles. The topological polar surface area (TPSA) is 38.4 Å². The molecule has 0 aromatic heterocycles. The Hall–Kier alpha value is -2.23. The van der Waals surface area contributed by atoms with E-state index in [4.69, 9.17) is 5.84 Å². The van der Waals surface area contributed by atoms with E-state index in [1.54, 1.807) is 24.3 Å². The van der Waals surface area contributed by atoms with Gasteiger partial charge in [0, 0.05) is 11.6 Å². The van der Waals surface area contributed by atoms with Gasteiger partial charge in [-0.05, 0) is 23.3 Å². The Balaban J connectivity index is 2.39. The van der Waals surface area contributed by atoms with Gasteiger partial charge in [-0.25, -0.2) is 8.78 Å². The van der Waals surface area contributed by atoms with Crippen molar-refractivity contribution >= 4 is 6.21 Å². The molecule has 0 saturated heterocycles. The second kappa shape index (κ2) is 4.74. The molecule has 0 aliphatic rings. The van der Waals surface area contributed by atoms with E-state index in [9.17, 15) is 8.78 Å². The predicted molar refractivity (Wildman–Crippen MR) is 63.6 cm³/mol. The van der Waals surface area contributed by atoms with Crippen LogP contribution in [0.4, 0.5) is 8.78 Å². The molecule has 17 heavy (non-hydrogen) atoms. The van der Waals surface area contributed by atoms with E-state index in [0.717, 1.165) is 11.6 Å². The summed E-state index contributed by atoms with van der Waals surface area (Å²) in [5, 5.41) is 3.39. The molecule has 0 aliphatic heterocycles. The van der Waals surface area contributed by atoms with Gasteiger partial charge in [0.15, 0.2) is 0 Å². The molecule has 0 aliphatic carbocycles. The van der Waals surface area contributed by atoms with E-state index in [1.807, 2.05) is 0 Å². The first-order chi connectivity index (χ1) is 8.20. The maximum atomic E-state index is 13.5. The maximum Gasteiger partial charge on any atom is 0.133 e. The van der Waals surface area contributed by atoms with Crippen molar-refractivity contribution in [2.75, 3.05) is 0 Å². The van der Waals surface area contributed by atoms with Gasteiger partial charge in [0.1, 0.15) is 11.6 Å². The van der Waals surface area contributed by atoms with Crippen LogP contribution in [-0.4, -0.2) is 6.21 Å². The van der Waals surface area contributed by atoms with Crippen molar-refractivity contribution in [3.8, 4) is 11.1 Å². The molecule has 2 rings (SSSR count). The minimum atomic E-state index is -0.585. The molecule has 0 saturated carbocycles. The highest BCUT2D eigenvalue weighted by atomic mass is 19.1. The van der Waals surface area contributed by atoms with Gasteiger partial charge >= 0.3 is 0 Å². The van der Waals surface area contributed by atoms with Crippen LogP contribution in [0.25, 0.3) is 11.1 Å². The molecular weight excluding hydrogens is 222 g/mol. The highest BCUT2D eigenvalue weighted by Crippen LogP contribution is 2.23. The summed E-state index contributed by atoms with van der Waals surface area (Å²) in [6.07, 6.45) is 1.49. The SMILES string of the molecule is NN=Cc1ccc(-c2ccc(F)cc2F)cc1. The Bertz CT molecular complexity index is 548. The number of hydrazone groups is 1. The van der Waals surface area contributed by atoms with Crippen LogP contribution in [0.15, 0.2) is 47.6 Å². The third kappa shape index (κ3) is 2.47. The Morgan fingerprint density at radius 2 is 1.71 bits per heavy atom. The standard InChI is InChI=1S/C13H10F2N2/c14-11-5-6-12(13(15)7-11)10-3-1-9(2-4-10)8-17-16/h1-8H,16H2. The zero-order chi connectivity index (χ0) is 12.3. The Kier molecular flexibility index (Phi) is 3.14. The Labute approximate surface area is 97.4 Å². The third-order valence-corrected chi connectivity index (χ3v) is 2.38. The van der Waals surface area contributed by atoms with Crippen LogP contribution >= 0.6 is 0 Å². The van der Waals surface area contributed by atoms with Crippen molar-refractivity contribution in [3.63, 3.8) is 0 Å². The van der Waals surface area contributed by atoms with E-state index in [2.05, 4.69) is 5.10 Å². The molecule has 0 spiro atoms. The van der Waals surface area contributed by atoms with E-state index < -0.39 is 11.6 Å². The second-order valence-corrected chi connectivity index (χ2v) is 3.52. The quantitative estimate of drug-likeness (QED) is 0.482. The van der Waals surface area contributed by atoms with E-state index >= 15 is 0 Å². The van der Waals surface area contributed by atoms with Crippen LogP contribution in [-0.2, 0) is 0 Å². The van der Waals surface area contributed by atoms with Crippen LogP contribution < -0.4 is 5.84 Å². The number of nitrogens with zero attached hydrogens (tertiary/aromatic N) is 1. The first-order valence-electron chi connectivity index (χ1n) is 4.99. The summed E-state index contributed by atoms with van der Waals surface area (Å²) in [6, 6.07) is 10.5. The molecule has 0 radical (unpaired) electrons. The molecule has 0 fully saturated rings. The minimum Gasteiger partial charge on any atom is -0.323 e. The first kappa shape index (κ1) is 11.3. The monoisotopic (exact) mass is 232 g/mol. The van der Waals surface area contributed by atoms with Gasteiger partial charge in [0.2, 0.25) is 0 Å². The number of halogens is 2. The smallest absolute Gasteiger partial charge is 0.133 e. The largest absolute Gasteiger partial charge is 0.323 e. The van der Waals surface area contributed by atoms with Gasteiger partial charge in [0.25, 0.3) is 0 Å². The van der Waals surface area contributed by atoms with Gasteiger partial charge < -0.3 is 5.84 Å². The normalized spacial score (nSPS) is 10.9. The van der Waals surface area contributed by atoms with Crippen LogP contribution in [0.2, 0.25) is 0 Å². The molecule has 0 amide bonds. The van der Waals surface area contributed by atoms with Gasteiger partial charge in [0.05, 0.1) is 6.21 Å². The van der Waals surface area contributed by atoms with E-state index in [0.29, 0.717) is 11.1 Å². The maximum absolute atomic E-state index is 13.5. The van der Waals surface area contributed by atoms with Crippen LogP contribution in [0.3, 0.4) is 0 Å². The highest BCUT2D eigenvalue weighted by molar-refractivity contribution is 5.80. The number of hydrogen-bond donors (Lipinski definition) is 1. The Morgan fingerprint density at radius 3 is 2.29 bits per heavy atom.